The summed E-state index contributed by atoms with van der Waals surface area (Å²) in [4.78, 5) is 21.7. The number of ether oxygens (including phenoxy) is 1. The molecule has 2 rings (SSSR count). The smallest absolute Gasteiger partial charge is 0.471 e. The van der Waals surface area contributed by atoms with E-state index < -0.39 is 51.6 Å². The zero-order valence-electron chi connectivity index (χ0n) is 14.2. The maximum atomic E-state index is 13.6. The monoisotopic (exact) mass is 500 g/mol. The van der Waals surface area contributed by atoms with Gasteiger partial charge in [0.25, 0.3) is 5.69 Å². The molecule has 1 atom stereocenters. The van der Waals surface area contributed by atoms with Gasteiger partial charge in [0.05, 0.1) is 27.8 Å². The minimum atomic E-state index is -5.26. The number of nitro groups is 1. The van der Waals surface area contributed by atoms with Gasteiger partial charge in [0.1, 0.15) is 11.9 Å². The minimum Gasteiger partial charge on any atom is -0.493 e. The van der Waals surface area contributed by atoms with Crippen molar-refractivity contribution in [3.63, 3.8) is 0 Å². The lowest BCUT2D eigenvalue weighted by Crippen LogP contribution is -2.30. The van der Waals surface area contributed by atoms with Crippen molar-refractivity contribution in [2.75, 3.05) is 12.4 Å². The van der Waals surface area contributed by atoms with Crippen molar-refractivity contribution in [1.29, 1.82) is 0 Å². The van der Waals surface area contributed by atoms with Crippen LogP contribution >= 0.6 is 27.5 Å². The van der Waals surface area contributed by atoms with E-state index in [4.69, 9.17) is 16.3 Å². The number of nitrogens with one attached hydrogen (secondary N) is 1. The highest BCUT2D eigenvalue weighted by atomic mass is 79.9. The average Bonchev–Trinajstić information content (AvgIpc) is 2.62. The molecule has 0 aliphatic rings. The molecule has 156 valence electrons. The van der Waals surface area contributed by atoms with Crippen LogP contribution in [0.2, 0.25) is 5.02 Å². The van der Waals surface area contributed by atoms with Crippen LogP contribution in [0.3, 0.4) is 0 Å². The van der Waals surface area contributed by atoms with E-state index in [0.717, 1.165) is 25.3 Å². The second kappa shape index (κ2) is 8.51. The number of rotatable bonds is 5. The molecule has 2 N–H and O–H groups in total. The van der Waals surface area contributed by atoms with Crippen LogP contribution in [-0.2, 0) is 4.79 Å². The number of nitrogens with zero attached hydrogens (tertiary/aromatic N) is 1. The molecule has 0 saturated carbocycles. The lowest BCUT2D eigenvalue weighted by molar-refractivity contribution is -0.386. The Labute approximate surface area is 173 Å². The van der Waals surface area contributed by atoms with E-state index in [1.807, 2.05) is 0 Å². The van der Waals surface area contributed by atoms with Gasteiger partial charge in [-0.2, -0.15) is 13.2 Å². The molecule has 13 heteroatoms. The highest BCUT2D eigenvalue weighted by molar-refractivity contribution is 9.10. The normalized spacial score (nSPS) is 12.4. The van der Waals surface area contributed by atoms with E-state index in [-0.39, 0.29) is 15.1 Å². The molecule has 0 saturated heterocycles. The molecule has 2 aromatic rings. The van der Waals surface area contributed by atoms with Crippen molar-refractivity contribution < 1.29 is 37.1 Å². The van der Waals surface area contributed by atoms with Crippen LogP contribution in [0.25, 0.3) is 0 Å². The molecule has 0 heterocycles. The Morgan fingerprint density at radius 3 is 2.52 bits per heavy atom. The molecule has 0 aliphatic heterocycles. The first-order chi connectivity index (χ1) is 13.4. The molecule has 1 unspecified atom stereocenters. The van der Waals surface area contributed by atoms with Crippen molar-refractivity contribution in [2.45, 2.75) is 12.3 Å². The van der Waals surface area contributed by atoms with Crippen LogP contribution in [0.15, 0.2) is 28.7 Å². The number of hydrogen-bond donors (Lipinski definition) is 2. The maximum Gasteiger partial charge on any atom is 0.471 e. The zero-order valence-corrected chi connectivity index (χ0v) is 16.5. The van der Waals surface area contributed by atoms with E-state index in [0.29, 0.717) is 6.07 Å². The number of aliphatic hydroxyl groups is 1. The Bertz CT molecular complexity index is 987. The summed E-state index contributed by atoms with van der Waals surface area (Å²) in [6.45, 7) is 0. The first kappa shape index (κ1) is 22.8. The van der Waals surface area contributed by atoms with Crippen molar-refractivity contribution in [1.82, 2.24) is 0 Å². The molecule has 7 nitrogen and oxygen atoms in total. The number of nitro benzene ring substituents is 1. The van der Waals surface area contributed by atoms with E-state index in [2.05, 4.69) is 15.9 Å². The van der Waals surface area contributed by atoms with Gasteiger partial charge in [0, 0.05) is 16.7 Å². The second-order valence-electron chi connectivity index (χ2n) is 5.48. The lowest BCUT2D eigenvalue weighted by atomic mass is 9.98. The standard InChI is InChI=1S/C16H10BrClF4N2O5/c1-29-14-9(23-15(26)16(20,21)22)5-10(24(27)28)11(12(14)17)13(25)7-4-6(19)2-3-8(7)18/h2-5,13,25H,1H3,(H,23,26). The van der Waals surface area contributed by atoms with Gasteiger partial charge in [-0.15, -0.1) is 0 Å². The topological polar surface area (TPSA) is 102 Å². The van der Waals surface area contributed by atoms with Crippen LogP contribution in [-0.4, -0.2) is 29.2 Å². The van der Waals surface area contributed by atoms with Gasteiger partial charge in [0.15, 0.2) is 5.75 Å². The summed E-state index contributed by atoms with van der Waals surface area (Å²) in [6, 6.07) is 3.54. The third-order valence-electron chi connectivity index (χ3n) is 3.67. The molecule has 0 spiro atoms. The summed E-state index contributed by atoms with van der Waals surface area (Å²) in [7, 11) is 1.03. The van der Waals surface area contributed by atoms with Gasteiger partial charge in [-0.1, -0.05) is 11.6 Å². The summed E-state index contributed by atoms with van der Waals surface area (Å²) in [5.41, 5.74) is -2.24. The Balaban J connectivity index is 2.71. The summed E-state index contributed by atoms with van der Waals surface area (Å²) in [6.07, 6.45) is -7.12. The van der Waals surface area contributed by atoms with Gasteiger partial charge in [-0.25, -0.2) is 4.39 Å². The predicted molar refractivity (Wildman–Crippen MR) is 97.5 cm³/mol. The Morgan fingerprint density at radius 1 is 1.38 bits per heavy atom. The van der Waals surface area contributed by atoms with Gasteiger partial charge in [0.2, 0.25) is 0 Å². The SMILES string of the molecule is COc1c(NC(=O)C(F)(F)F)cc([N+](=O)[O-])c(C(O)c2cc(F)ccc2Cl)c1Br. The van der Waals surface area contributed by atoms with Crippen molar-refractivity contribution in [3.05, 3.63) is 60.8 Å². The molecule has 0 fully saturated rings. The van der Waals surface area contributed by atoms with Crippen molar-refractivity contribution in [3.8, 4) is 5.75 Å². The van der Waals surface area contributed by atoms with E-state index in [1.165, 1.54) is 5.32 Å². The van der Waals surface area contributed by atoms with Gasteiger partial charge >= 0.3 is 12.1 Å². The number of amides is 1. The summed E-state index contributed by atoms with van der Waals surface area (Å²) >= 11 is 8.86. The Hall–Kier alpha value is -2.44. The van der Waals surface area contributed by atoms with Crippen molar-refractivity contribution >= 4 is 44.8 Å². The first-order valence-electron chi connectivity index (χ1n) is 7.44. The number of carbonyl (C=O) groups excluding carboxylic acids is 1. The van der Waals surface area contributed by atoms with E-state index >= 15 is 0 Å². The molecule has 29 heavy (non-hydrogen) atoms. The quantitative estimate of drug-likeness (QED) is 0.350. The molecule has 2 aromatic carbocycles. The fourth-order valence-electron chi connectivity index (χ4n) is 2.41. The molecule has 1 amide bonds. The van der Waals surface area contributed by atoms with E-state index in [9.17, 15) is 37.6 Å². The Morgan fingerprint density at radius 2 is 2.00 bits per heavy atom. The largest absolute Gasteiger partial charge is 0.493 e. The lowest BCUT2D eigenvalue weighted by Gasteiger charge is -2.19. The molecule has 0 aliphatic carbocycles. The molecule has 0 radical (unpaired) electrons. The summed E-state index contributed by atoms with van der Waals surface area (Å²) in [5, 5.41) is 23.5. The van der Waals surface area contributed by atoms with Crippen LogP contribution in [0.1, 0.15) is 17.2 Å². The third kappa shape index (κ3) is 4.77. The number of methoxy groups -OCH3 is 1. The van der Waals surface area contributed by atoms with Crippen LogP contribution < -0.4 is 10.1 Å². The zero-order chi connectivity index (χ0) is 22.1. The summed E-state index contributed by atoms with van der Waals surface area (Å²) in [5.74, 6) is -3.61. The van der Waals surface area contributed by atoms with E-state index in [1.54, 1.807) is 0 Å². The molecule has 0 aromatic heterocycles. The maximum absolute atomic E-state index is 13.6. The van der Waals surface area contributed by atoms with Gasteiger partial charge in [-0.05, 0) is 34.1 Å². The van der Waals surface area contributed by atoms with Gasteiger partial charge in [-0.3, -0.25) is 14.9 Å². The fourth-order valence-corrected chi connectivity index (χ4v) is 3.43. The van der Waals surface area contributed by atoms with Crippen LogP contribution in [0.5, 0.6) is 5.75 Å². The molecular weight excluding hydrogens is 492 g/mol. The molecular formula is C16H10BrClF4N2O5. The Kier molecular flexibility index (Phi) is 6.71. The summed E-state index contributed by atoms with van der Waals surface area (Å²) < 4.78 is 55.8. The highest BCUT2D eigenvalue weighted by Crippen LogP contribution is 2.46. The number of hydrogen-bond acceptors (Lipinski definition) is 5. The number of alkyl halides is 3. The third-order valence-corrected chi connectivity index (χ3v) is 4.80. The van der Waals surface area contributed by atoms with Crippen molar-refractivity contribution in [2.24, 2.45) is 0 Å². The predicted octanol–water partition coefficient (Wildman–Crippen LogP) is 4.74. The number of benzene rings is 2. The number of aliphatic hydroxyl groups excluding tert-OH is 1. The average molecular weight is 502 g/mol. The number of carbonyl (C=O) groups is 1. The van der Waals surface area contributed by atoms with Gasteiger partial charge < -0.3 is 15.2 Å². The first-order valence-corrected chi connectivity index (χ1v) is 8.61. The second-order valence-corrected chi connectivity index (χ2v) is 6.68. The fraction of sp³-hybridized carbons (Fsp3) is 0.188. The molecule has 0 bridgehead atoms. The van der Waals surface area contributed by atoms with Crippen LogP contribution in [0, 0.1) is 15.9 Å². The van der Waals surface area contributed by atoms with Crippen LogP contribution in [0.4, 0.5) is 28.9 Å². The highest BCUT2D eigenvalue weighted by Gasteiger charge is 2.40. The number of anilines is 1. The minimum absolute atomic E-state index is 0.117. The number of halogens is 6.